The van der Waals surface area contributed by atoms with Gasteiger partial charge in [0.1, 0.15) is 0 Å². The van der Waals surface area contributed by atoms with Crippen LogP contribution in [0.15, 0.2) is 146 Å². The van der Waals surface area contributed by atoms with Crippen molar-refractivity contribution in [2.24, 2.45) is 23.7 Å². The molecule has 0 unspecified atom stereocenters. The van der Waals surface area contributed by atoms with Crippen molar-refractivity contribution >= 4 is 34.1 Å². The average Bonchev–Trinajstić information content (AvgIpc) is 3.16. The van der Waals surface area contributed by atoms with Gasteiger partial charge < -0.3 is 9.80 Å². The van der Waals surface area contributed by atoms with E-state index in [9.17, 15) is 0 Å². The average molecular weight is 679 g/mol. The molecule has 0 spiro atoms. The molecule has 0 radical (unpaired) electrons. The number of anilines is 6. The molecule has 4 bridgehead atoms. The highest BCUT2D eigenvalue weighted by Gasteiger charge is 2.58. The van der Waals surface area contributed by atoms with Crippen molar-refractivity contribution in [2.75, 3.05) is 9.80 Å². The fraction of sp³-hybridized carbons (Fsp3) is 0.280. The third kappa shape index (κ3) is 5.73. The minimum atomic E-state index is 0.0293. The van der Waals surface area contributed by atoms with Crippen molar-refractivity contribution in [1.82, 2.24) is 0 Å². The Morgan fingerprint density at radius 2 is 0.558 bits per heavy atom. The van der Waals surface area contributed by atoms with Gasteiger partial charge in [-0.3, -0.25) is 0 Å². The van der Waals surface area contributed by atoms with Crippen molar-refractivity contribution in [3.05, 3.63) is 179 Å². The van der Waals surface area contributed by atoms with Crippen LogP contribution in [0.3, 0.4) is 0 Å². The number of nitrogens with zero attached hydrogens (tertiary/aromatic N) is 2. The van der Waals surface area contributed by atoms with Gasteiger partial charge >= 0.3 is 0 Å². The zero-order valence-electron chi connectivity index (χ0n) is 31.1. The largest absolute Gasteiger partial charge is 0.311 e. The summed E-state index contributed by atoms with van der Waals surface area (Å²) in [6.45, 7) is 8.64. The summed E-state index contributed by atoms with van der Waals surface area (Å²) in [6, 6.07) is 55.3. The molecule has 52 heavy (non-hydrogen) atoms. The summed E-state index contributed by atoms with van der Waals surface area (Å²) in [6.07, 6.45) is 6.87. The minimum absolute atomic E-state index is 0.0293. The van der Waals surface area contributed by atoms with Crippen molar-refractivity contribution in [3.8, 4) is 0 Å². The molecule has 0 aliphatic heterocycles. The van der Waals surface area contributed by atoms with Gasteiger partial charge in [-0.2, -0.15) is 0 Å². The molecule has 260 valence electrons. The highest BCUT2D eigenvalue weighted by atomic mass is 15.1. The van der Waals surface area contributed by atoms with Crippen LogP contribution in [-0.2, 0) is 5.41 Å². The van der Waals surface area contributed by atoms with Gasteiger partial charge in [-0.15, -0.1) is 0 Å². The van der Waals surface area contributed by atoms with Gasteiger partial charge in [0, 0.05) is 39.5 Å². The lowest BCUT2D eigenvalue weighted by Crippen LogP contribution is -2.56. The van der Waals surface area contributed by atoms with E-state index in [1.54, 1.807) is 0 Å². The lowest BCUT2D eigenvalue weighted by atomic mass is 9.42. The van der Waals surface area contributed by atoms with Crippen molar-refractivity contribution < 1.29 is 0 Å². The normalized spacial score (nSPS) is 21.2. The van der Waals surface area contributed by atoms with E-state index in [4.69, 9.17) is 0 Å². The molecule has 6 aromatic carbocycles. The van der Waals surface area contributed by atoms with E-state index in [0.717, 1.165) is 11.8 Å². The number of benzene rings is 6. The summed E-state index contributed by atoms with van der Waals surface area (Å²) in [5.41, 5.74) is 15.3. The lowest BCUT2D eigenvalue weighted by molar-refractivity contribution is -0.0418. The molecule has 0 aromatic heterocycles. The van der Waals surface area contributed by atoms with Crippen LogP contribution in [-0.4, -0.2) is 0 Å². The quantitative estimate of drug-likeness (QED) is 0.158. The molecule has 2 heteroatoms. The smallest absolute Gasteiger partial charge is 0.0461 e. The van der Waals surface area contributed by atoms with Gasteiger partial charge in [0.05, 0.1) is 0 Å². The third-order valence-electron chi connectivity index (χ3n) is 12.8. The molecular formula is C50H50N2. The topological polar surface area (TPSA) is 6.48 Å². The highest BCUT2D eigenvalue weighted by molar-refractivity contribution is 5.78. The van der Waals surface area contributed by atoms with Crippen LogP contribution < -0.4 is 9.80 Å². The Bertz CT molecular complexity index is 1880. The monoisotopic (exact) mass is 678 g/mol. The van der Waals surface area contributed by atoms with E-state index in [2.05, 4.69) is 183 Å². The van der Waals surface area contributed by atoms with Crippen molar-refractivity contribution in [3.63, 3.8) is 0 Å². The first-order valence-corrected chi connectivity index (χ1v) is 19.4. The first kappa shape index (κ1) is 32.8. The third-order valence-corrected chi connectivity index (χ3v) is 12.8. The summed E-state index contributed by atoms with van der Waals surface area (Å²) in [4.78, 5) is 4.82. The zero-order valence-corrected chi connectivity index (χ0v) is 31.1. The predicted molar refractivity (Wildman–Crippen MR) is 219 cm³/mol. The van der Waals surface area contributed by atoms with Gasteiger partial charge in [0.25, 0.3) is 0 Å². The van der Waals surface area contributed by atoms with E-state index in [1.165, 1.54) is 99.6 Å². The molecule has 0 amide bonds. The maximum Gasteiger partial charge on any atom is 0.0461 e. The van der Waals surface area contributed by atoms with E-state index >= 15 is 0 Å². The second-order valence-electron chi connectivity index (χ2n) is 16.3. The van der Waals surface area contributed by atoms with E-state index < -0.39 is 0 Å². The van der Waals surface area contributed by atoms with Crippen LogP contribution in [0.1, 0.15) is 65.5 Å². The molecule has 0 atom stereocenters. The van der Waals surface area contributed by atoms with Crippen molar-refractivity contribution in [2.45, 2.75) is 65.2 Å². The maximum atomic E-state index is 2.49. The second kappa shape index (κ2) is 13.2. The Kier molecular flexibility index (Phi) is 8.30. The summed E-state index contributed by atoms with van der Waals surface area (Å²) in [7, 11) is 0. The van der Waals surface area contributed by atoms with E-state index in [1.807, 2.05) is 0 Å². The van der Waals surface area contributed by atoms with Crippen LogP contribution in [0.2, 0.25) is 0 Å². The Morgan fingerprint density at radius 3 is 0.808 bits per heavy atom. The summed E-state index contributed by atoms with van der Waals surface area (Å²) in [5, 5.41) is 0. The van der Waals surface area contributed by atoms with Gasteiger partial charge in [0.2, 0.25) is 0 Å². The molecule has 6 aromatic rings. The number of hydrogen-bond donors (Lipinski definition) is 0. The van der Waals surface area contributed by atoms with E-state index in [-0.39, 0.29) is 5.41 Å². The van der Waals surface area contributed by atoms with Crippen LogP contribution in [0, 0.1) is 51.4 Å². The molecule has 0 saturated heterocycles. The lowest BCUT2D eigenvalue weighted by Gasteiger charge is -2.62. The van der Waals surface area contributed by atoms with Crippen LogP contribution in [0.4, 0.5) is 34.1 Å². The molecule has 0 N–H and O–H groups in total. The molecule has 4 aliphatic carbocycles. The highest BCUT2D eigenvalue weighted by Crippen LogP contribution is 2.65. The van der Waals surface area contributed by atoms with Gasteiger partial charge in [-0.25, -0.2) is 0 Å². The summed E-state index contributed by atoms with van der Waals surface area (Å²) in [5.74, 6) is 3.14. The number of aryl methyl sites for hydroxylation is 4. The van der Waals surface area contributed by atoms with Crippen LogP contribution in [0.5, 0.6) is 0 Å². The molecule has 4 fully saturated rings. The molecule has 10 rings (SSSR count). The van der Waals surface area contributed by atoms with Gasteiger partial charge in [0.15, 0.2) is 0 Å². The predicted octanol–water partition coefficient (Wildman–Crippen LogP) is 13.6. The fourth-order valence-electron chi connectivity index (χ4n) is 10.5. The Balaban J connectivity index is 1.13. The maximum absolute atomic E-state index is 2.49. The number of rotatable bonds is 8. The summed E-state index contributed by atoms with van der Waals surface area (Å²) < 4.78 is 0. The number of hydrogen-bond acceptors (Lipinski definition) is 2. The fourth-order valence-corrected chi connectivity index (χ4v) is 10.5. The molecule has 2 nitrogen and oxygen atoms in total. The Labute approximate surface area is 310 Å². The minimum Gasteiger partial charge on any atom is -0.311 e. The first-order chi connectivity index (χ1) is 25.3. The summed E-state index contributed by atoms with van der Waals surface area (Å²) >= 11 is 0. The Hall–Kier alpha value is -5.08. The first-order valence-electron chi connectivity index (χ1n) is 19.4. The molecule has 4 saturated carbocycles. The Morgan fingerprint density at radius 1 is 0.327 bits per heavy atom. The zero-order chi connectivity index (χ0) is 35.4. The molecule has 4 aliphatic rings. The van der Waals surface area contributed by atoms with E-state index in [0.29, 0.717) is 11.8 Å². The standard InChI is InChI=1S/C50H50N2/c1-34-5-17-44(18-6-34)51(45-19-7-35(2)8-20-45)48-25-13-40(14-26-48)50(42-30-38-29-39(32-42)33-43(50)31-38)41-15-27-49(28-16-41)52(46-21-9-36(3)10-22-46)47-23-11-37(4)12-24-47/h5-28,38-39,42-43H,29-33H2,1-4H3. The molecular weight excluding hydrogens is 629 g/mol. The van der Waals surface area contributed by atoms with Crippen LogP contribution in [0.25, 0.3) is 0 Å². The van der Waals surface area contributed by atoms with Gasteiger partial charge in [-0.1, -0.05) is 95.1 Å². The van der Waals surface area contributed by atoms with Gasteiger partial charge in [-0.05, 0) is 167 Å². The van der Waals surface area contributed by atoms with Crippen molar-refractivity contribution in [1.29, 1.82) is 0 Å². The van der Waals surface area contributed by atoms with Crippen LogP contribution >= 0.6 is 0 Å². The SMILES string of the molecule is Cc1ccc(N(c2ccc(C)cc2)c2ccc(C3(c4ccc(N(c5ccc(C)cc5)c5ccc(C)cc5)cc4)C4CC5CC(C4)CC3C5)cc2)cc1. The second-order valence-corrected chi connectivity index (χ2v) is 16.3. The molecule has 0 heterocycles.